The van der Waals surface area contributed by atoms with Crippen LogP contribution < -0.4 is 10.1 Å². The summed E-state index contributed by atoms with van der Waals surface area (Å²) < 4.78 is 40.8. The molecule has 20 heavy (non-hydrogen) atoms. The first kappa shape index (κ1) is 16.2. The molecule has 0 spiro atoms. The summed E-state index contributed by atoms with van der Waals surface area (Å²) in [6, 6.07) is 1.31. The van der Waals surface area contributed by atoms with Crippen LogP contribution in [0.4, 0.5) is 15.8 Å². The number of anilines is 1. The number of rotatable bonds is 6. The third kappa shape index (κ3) is 4.34. The van der Waals surface area contributed by atoms with Gasteiger partial charge >= 0.3 is 5.69 Å². The molecule has 1 aromatic rings. The van der Waals surface area contributed by atoms with Gasteiger partial charge in [0.05, 0.1) is 29.5 Å². The van der Waals surface area contributed by atoms with Crippen LogP contribution >= 0.6 is 0 Å². The van der Waals surface area contributed by atoms with Gasteiger partial charge in [0.15, 0.2) is 11.6 Å². The molecule has 0 saturated heterocycles. The Kier molecular flexibility index (Phi) is 4.88. The lowest BCUT2D eigenvalue weighted by atomic mass is 10.2. The predicted molar refractivity (Wildman–Crippen MR) is 72.4 cm³/mol. The fourth-order valence-corrected chi connectivity index (χ4v) is 2.71. The second-order valence-corrected chi connectivity index (χ2v) is 6.58. The Hall–Kier alpha value is -1.90. The minimum absolute atomic E-state index is 0.0522. The first-order valence-electron chi connectivity index (χ1n) is 5.60. The molecule has 0 aromatic heterocycles. The summed E-state index contributed by atoms with van der Waals surface area (Å²) in [6.45, 7) is 1.56. The molecule has 1 unspecified atom stereocenters. The maximum absolute atomic E-state index is 13.7. The molecule has 0 amide bonds. The minimum Gasteiger partial charge on any atom is -0.490 e. The number of halogens is 1. The second kappa shape index (κ2) is 6.04. The summed E-state index contributed by atoms with van der Waals surface area (Å²) in [6.07, 6.45) is 1.07. The number of ether oxygens (including phenoxy) is 1. The van der Waals surface area contributed by atoms with Crippen molar-refractivity contribution in [1.29, 1.82) is 0 Å². The van der Waals surface area contributed by atoms with E-state index in [1.165, 1.54) is 7.11 Å². The normalized spacial score (nSPS) is 12.8. The van der Waals surface area contributed by atoms with Gasteiger partial charge in [0.2, 0.25) is 0 Å². The molecule has 1 rings (SSSR count). The number of nitro groups is 1. The quantitative estimate of drug-likeness (QED) is 0.633. The molecule has 0 saturated carbocycles. The van der Waals surface area contributed by atoms with Crippen LogP contribution in [0.15, 0.2) is 12.1 Å². The molecule has 0 bridgehead atoms. The standard InChI is InChI=1S/C11H15FN2O5S/c1-7(6-20(3,17)18)13-9-5-11(19-2)10(14(15)16)4-8(9)12/h4-5,7,13H,6H2,1-3H3. The molecule has 112 valence electrons. The topological polar surface area (TPSA) is 98.5 Å². The van der Waals surface area contributed by atoms with Gasteiger partial charge in [0.1, 0.15) is 9.84 Å². The Balaban J connectivity index is 3.05. The average molecular weight is 306 g/mol. The van der Waals surface area contributed by atoms with Gasteiger partial charge in [-0.25, -0.2) is 12.8 Å². The van der Waals surface area contributed by atoms with Gasteiger partial charge in [0.25, 0.3) is 0 Å². The zero-order valence-electron chi connectivity index (χ0n) is 11.2. The predicted octanol–water partition coefficient (Wildman–Crippen LogP) is 1.59. The van der Waals surface area contributed by atoms with Gasteiger partial charge < -0.3 is 10.1 Å². The molecule has 0 radical (unpaired) electrons. The summed E-state index contributed by atoms with van der Waals surface area (Å²) in [5.41, 5.74) is -0.546. The van der Waals surface area contributed by atoms with E-state index in [4.69, 9.17) is 4.74 Å². The van der Waals surface area contributed by atoms with Gasteiger partial charge in [-0.2, -0.15) is 0 Å². The molecule has 1 atom stereocenters. The molecule has 7 nitrogen and oxygen atoms in total. The minimum atomic E-state index is -3.22. The van der Waals surface area contributed by atoms with Gasteiger partial charge in [-0.15, -0.1) is 0 Å². The number of methoxy groups -OCH3 is 1. The van der Waals surface area contributed by atoms with E-state index < -0.39 is 32.3 Å². The lowest BCUT2D eigenvalue weighted by Crippen LogP contribution is -2.25. The van der Waals surface area contributed by atoms with Gasteiger partial charge in [0, 0.05) is 18.4 Å². The molecule has 0 aliphatic rings. The van der Waals surface area contributed by atoms with Crippen molar-refractivity contribution in [1.82, 2.24) is 0 Å². The van der Waals surface area contributed by atoms with E-state index >= 15 is 0 Å². The van der Waals surface area contributed by atoms with Gasteiger partial charge in [-0.1, -0.05) is 0 Å². The highest BCUT2D eigenvalue weighted by Crippen LogP contribution is 2.32. The molecular weight excluding hydrogens is 291 g/mol. The SMILES string of the molecule is COc1cc(NC(C)CS(C)(=O)=O)c(F)cc1[N+](=O)[O-]. The van der Waals surface area contributed by atoms with Crippen molar-refractivity contribution >= 4 is 21.2 Å². The van der Waals surface area contributed by atoms with E-state index in [-0.39, 0.29) is 17.2 Å². The maximum Gasteiger partial charge on any atom is 0.313 e. The van der Waals surface area contributed by atoms with E-state index in [0.717, 1.165) is 18.4 Å². The van der Waals surface area contributed by atoms with Crippen molar-refractivity contribution in [3.8, 4) is 5.75 Å². The molecule has 0 fully saturated rings. The summed E-state index contributed by atoms with van der Waals surface area (Å²) in [5.74, 6) is -1.14. The fourth-order valence-electron chi connectivity index (χ4n) is 1.72. The first-order valence-corrected chi connectivity index (χ1v) is 7.66. The van der Waals surface area contributed by atoms with Crippen LogP contribution in [-0.2, 0) is 9.84 Å². The Morgan fingerprint density at radius 1 is 1.50 bits per heavy atom. The van der Waals surface area contributed by atoms with Crippen LogP contribution in [0.1, 0.15) is 6.92 Å². The summed E-state index contributed by atoms with van der Waals surface area (Å²) in [4.78, 5) is 9.95. The number of sulfone groups is 1. The van der Waals surface area contributed by atoms with E-state index in [2.05, 4.69) is 5.32 Å². The number of benzene rings is 1. The highest BCUT2D eigenvalue weighted by molar-refractivity contribution is 7.90. The number of nitrogens with zero attached hydrogens (tertiary/aromatic N) is 1. The van der Waals surface area contributed by atoms with Gasteiger partial charge in [-0.3, -0.25) is 10.1 Å². The Bertz CT molecular complexity index is 617. The van der Waals surface area contributed by atoms with Crippen molar-refractivity contribution in [2.75, 3.05) is 24.4 Å². The van der Waals surface area contributed by atoms with E-state index in [0.29, 0.717) is 0 Å². The van der Waals surface area contributed by atoms with Crippen molar-refractivity contribution in [3.05, 3.63) is 28.1 Å². The molecule has 0 aliphatic carbocycles. The summed E-state index contributed by atoms with van der Waals surface area (Å²) in [7, 11) is -1.99. The lowest BCUT2D eigenvalue weighted by Gasteiger charge is -2.15. The van der Waals surface area contributed by atoms with E-state index in [1.54, 1.807) is 6.92 Å². The molecule has 0 aliphatic heterocycles. The van der Waals surface area contributed by atoms with Crippen LogP contribution in [0, 0.1) is 15.9 Å². The summed E-state index contributed by atoms with van der Waals surface area (Å²) in [5, 5.41) is 13.4. The first-order chi connectivity index (χ1) is 9.14. The smallest absolute Gasteiger partial charge is 0.313 e. The van der Waals surface area contributed by atoms with Crippen molar-refractivity contribution in [2.24, 2.45) is 0 Å². The number of nitro benzene ring substituents is 1. The van der Waals surface area contributed by atoms with Crippen molar-refractivity contribution in [2.45, 2.75) is 13.0 Å². The van der Waals surface area contributed by atoms with Gasteiger partial charge in [-0.05, 0) is 6.92 Å². The van der Waals surface area contributed by atoms with Crippen LogP contribution in [0.25, 0.3) is 0 Å². The number of nitrogens with one attached hydrogen (secondary N) is 1. The highest BCUT2D eigenvalue weighted by Gasteiger charge is 2.20. The second-order valence-electron chi connectivity index (χ2n) is 4.40. The Labute approximate surface area is 115 Å². The molecular formula is C11H15FN2O5S. The molecule has 1 aromatic carbocycles. The Morgan fingerprint density at radius 3 is 2.55 bits per heavy atom. The third-order valence-corrected chi connectivity index (χ3v) is 3.53. The van der Waals surface area contributed by atoms with Crippen LogP contribution in [0.5, 0.6) is 5.75 Å². The largest absolute Gasteiger partial charge is 0.490 e. The van der Waals surface area contributed by atoms with E-state index in [9.17, 15) is 22.9 Å². The van der Waals surface area contributed by atoms with Crippen molar-refractivity contribution in [3.63, 3.8) is 0 Å². The molecule has 1 N–H and O–H groups in total. The highest BCUT2D eigenvalue weighted by atomic mass is 32.2. The van der Waals surface area contributed by atoms with Crippen LogP contribution in [-0.4, -0.2) is 38.5 Å². The fraction of sp³-hybridized carbons (Fsp3) is 0.455. The number of hydrogen-bond acceptors (Lipinski definition) is 6. The average Bonchev–Trinajstić information content (AvgIpc) is 2.28. The summed E-state index contributed by atoms with van der Waals surface area (Å²) >= 11 is 0. The van der Waals surface area contributed by atoms with Crippen LogP contribution in [0.2, 0.25) is 0 Å². The monoisotopic (exact) mass is 306 g/mol. The maximum atomic E-state index is 13.7. The number of hydrogen-bond donors (Lipinski definition) is 1. The zero-order valence-corrected chi connectivity index (χ0v) is 12.0. The molecule has 0 heterocycles. The van der Waals surface area contributed by atoms with E-state index in [1.807, 2.05) is 0 Å². The Morgan fingerprint density at radius 2 is 2.10 bits per heavy atom. The third-order valence-electron chi connectivity index (χ3n) is 2.42. The molecule has 9 heteroatoms. The van der Waals surface area contributed by atoms with Crippen LogP contribution in [0.3, 0.4) is 0 Å². The zero-order chi connectivity index (χ0) is 15.5. The lowest BCUT2D eigenvalue weighted by molar-refractivity contribution is -0.385. The van der Waals surface area contributed by atoms with Crippen molar-refractivity contribution < 1.29 is 22.5 Å².